The van der Waals surface area contributed by atoms with E-state index in [-0.39, 0.29) is 12.1 Å². The van der Waals surface area contributed by atoms with Crippen LogP contribution in [0, 0.1) is 6.92 Å². The van der Waals surface area contributed by atoms with Crippen LogP contribution in [-0.2, 0) is 0 Å². The van der Waals surface area contributed by atoms with E-state index < -0.39 is 0 Å². The fourth-order valence-electron chi connectivity index (χ4n) is 4.53. The Hall–Kier alpha value is -3.64. The molecular formula is C28H28N4OS. The zero-order valence-electron chi connectivity index (χ0n) is 19.6. The Morgan fingerprint density at radius 1 is 0.941 bits per heavy atom. The van der Waals surface area contributed by atoms with Gasteiger partial charge in [-0.15, -0.1) is 0 Å². The Kier molecular flexibility index (Phi) is 6.07. The van der Waals surface area contributed by atoms with E-state index in [1.54, 1.807) is 0 Å². The van der Waals surface area contributed by atoms with Gasteiger partial charge in [0.25, 0.3) is 0 Å². The van der Waals surface area contributed by atoms with Crippen molar-refractivity contribution in [3.8, 4) is 11.5 Å². The summed E-state index contributed by atoms with van der Waals surface area (Å²) in [5.41, 5.74) is 4.27. The van der Waals surface area contributed by atoms with E-state index in [2.05, 4.69) is 70.1 Å². The number of thiocarbonyl (C=S) groups is 1. The predicted octanol–water partition coefficient (Wildman–Crippen LogP) is 6.74. The molecule has 1 aliphatic heterocycles. The lowest BCUT2D eigenvalue weighted by atomic mass is 10.0. The fourth-order valence-corrected chi connectivity index (χ4v) is 4.88. The average Bonchev–Trinajstić information content (AvgIpc) is 3.46. The van der Waals surface area contributed by atoms with Gasteiger partial charge in [-0.25, -0.2) is 0 Å². The van der Waals surface area contributed by atoms with E-state index >= 15 is 0 Å². The van der Waals surface area contributed by atoms with Gasteiger partial charge in [-0.2, -0.15) is 0 Å². The Balaban J connectivity index is 1.51. The molecule has 4 aromatic rings. The smallest absolute Gasteiger partial charge is 0.174 e. The molecule has 0 aliphatic carbocycles. The summed E-state index contributed by atoms with van der Waals surface area (Å²) in [4.78, 5) is 6.84. The number of para-hydroxylation sites is 1. The molecule has 2 atom stereocenters. The Bertz CT molecular complexity index is 1280. The van der Waals surface area contributed by atoms with Gasteiger partial charge < -0.3 is 19.5 Å². The number of pyridine rings is 1. The van der Waals surface area contributed by atoms with Crippen molar-refractivity contribution >= 4 is 23.0 Å². The van der Waals surface area contributed by atoms with Crippen molar-refractivity contribution in [2.75, 3.05) is 4.90 Å². The molecule has 6 heteroatoms. The molecule has 1 N–H and O–H groups in total. The molecule has 2 aromatic carbocycles. The van der Waals surface area contributed by atoms with E-state index in [0.717, 1.165) is 28.4 Å². The molecule has 5 rings (SSSR count). The van der Waals surface area contributed by atoms with Crippen LogP contribution in [0.5, 0.6) is 11.5 Å². The minimum Gasteiger partial charge on any atom is -0.457 e. The number of aryl methyl sites for hydroxylation is 1. The van der Waals surface area contributed by atoms with Gasteiger partial charge in [0.2, 0.25) is 0 Å². The lowest BCUT2D eigenvalue weighted by Crippen LogP contribution is -2.30. The first-order valence-electron chi connectivity index (χ1n) is 11.5. The second kappa shape index (κ2) is 9.31. The van der Waals surface area contributed by atoms with Gasteiger partial charge >= 0.3 is 0 Å². The molecule has 0 radical (unpaired) electrons. The van der Waals surface area contributed by atoms with Crippen LogP contribution >= 0.6 is 12.2 Å². The molecule has 1 aliphatic rings. The fraction of sp³-hybridized carbons (Fsp3) is 0.214. The highest BCUT2D eigenvalue weighted by molar-refractivity contribution is 7.80. The second-order valence-corrected chi connectivity index (χ2v) is 9.18. The summed E-state index contributed by atoms with van der Waals surface area (Å²) in [5, 5.41) is 4.22. The SMILES string of the molecule is Cc1ccccc1Oc1ccc(N2C(=S)N[C@@H](c3ccccn3)[C@@H]2c2cccn2C(C)C)cc1. The molecule has 0 bridgehead atoms. The number of nitrogens with one attached hydrogen (secondary N) is 1. The van der Waals surface area contributed by atoms with E-state index in [4.69, 9.17) is 17.0 Å². The first-order valence-corrected chi connectivity index (χ1v) is 11.9. The summed E-state index contributed by atoms with van der Waals surface area (Å²) in [7, 11) is 0. The predicted molar refractivity (Wildman–Crippen MR) is 140 cm³/mol. The highest BCUT2D eigenvalue weighted by Crippen LogP contribution is 2.42. The van der Waals surface area contributed by atoms with Crippen LogP contribution in [-0.4, -0.2) is 14.7 Å². The topological polar surface area (TPSA) is 42.3 Å². The number of nitrogens with zero attached hydrogens (tertiary/aromatic N) is 3. The van der Waals surface area contributed by atoms with E-state index in [1.165, 1.54) is 5.69 Å². The van der Waals surface area contributed by atoms with Gasteiger partial charge in [0, 0.05) is 29.8 Å². The van der Waals surface area contributed by atoms with E-state index in [0.29, 0.717) is 11.2 Å². The molecular weight excluding hydrogens is 440 g/mol. The van der Waals surface area contributed by atoms with Crippen LogP contribution in [0.25, 0.3) is 0 Å². The van der Waals surface area contributed by atoms with Crippen LogP contribution in [0.15, 0.2) is 91.3 Å². The minimum absolute atomic E-state index is 0.0389. The van der Waals surface area contributed by atoms with Gasteiger partial charge in [-0.05, 0) is 93.1 Å². The zero-order chi connectivity index (χ0) is 23.7. The van der Waals surface area contributed by atoms with Crippen molar-refractivity contribution in [2.24, 2.45) is 0 Å². The summed E-state index contributed by atoms with van der Waals surface area (Å²) in [6.45, 7) is 6.44. The first kappa shape index (κ1) is 22.2. The quantitative estimate of drug-likeness (QED) is 0.317. The molecule has 0 unspecified atom stereocenters. The number of hydrogen-bond acceptors (Lipinski definition) is 3. The molecule has 3 heterocycles. The molecule has 5 nitrogen and oxygen atoms in total. The van der Waals surface area contributed by atoms with E-state index in [1.807, 2.05) is 61.7 Å². The highest BCUT2D eigenvalue weighted by atomic mass is 32.1. The number of anilines is 1. The third-order valence-electron chi connectivity index (χ3n) is 6.21. The number of rotatable bonds is 6. The number of hydrogen-bond donors (Lipinski definition) is 1. The molecule has 0 saturated carbocycles. The first-order chi connectivity index (χ1) is 16.5. The lowest BCUT2D eigenvalue weighted by Gasteiger charge is -2.30. The van der Waals surface area contributed by atoms with Crippen molar-refractivity contribution in [3.63, 3.8) is 0 Å². The lowest BCUT2D eigenvalue weighted by molar-refractivity contribution is 0.478. The summed E-state index contributed by atoms with van der Waals surface area (Å²) < 4.78 is 8.42. The molecule has 34 heavy (non-hydrogen) atoms. The zero-order valence-corrected chi connectivity index (χ0v) is 20.4. The summed E-state index contributed by atoms with van der Waals surface area (Å²) in [5.74, 6) is 1.65. The molecule has 0 amide bonds. The molecule has 1 saturated heterocycles. The average molecular weight is 469 g/mol. The molecule has 2 aromatic heterocycles. The maximum Gasteiger partial charge on any atom is 0.174 e. The molecule has 0 spiro atoms. The standard InChI is InChI=1S/C28H28N4OS/c1-19(2)31-18-8-11-24(31)27-26(23-10-6-7-17-29-23)30-28(34)32(27)21-13-15-22(16-14-21)33-25-12-5-4-9-20(25)3/h4-19,26-27H,1-3H3,(H,30,34)/t26-,27-/m0/s1. The van der Waals surface area contributed by atoms with Crippen molar-refractivity contribution in [2.45, 2.75) is 38.9 Å². The molecule has 1 fully saturated rings. The van der Waals surface area contributed by atoms with Crippen molar-refractivity contribution in [1.82, 2.24) is 14.9 Å². The third-order valence-corrected chi connectivity index (χ3v) is 6.52. The highest BCUT2D eigenvalue weighted by Gasteiger charge is 2.42. The van der Waals surface area contributed by atoms with Gasteiger partial charge in [-0.3, -0.25) is 4.98 Å². The summed E-state index contributed by atoms with van der Waals surface area (Å²) in [6, 6.07) is 26.7. The number of aromatic nitrogens is 2. The number of ether oxygens (including phenoxy) is 1. The van der Waals surface area contributed by atoms with Gasteiger partial charge in [0.15, 0.2) is 5.11 Å². The van der Waals surface area contributed by atoms with Gasteiger partial charge in [-0.1, -0.05) is 24.3 Å². The van der Waals surface area contributed by atoms with Crippen molar-refractivity contribution in [1.29, 1.82) is 0 Å². The van der Waals surface area contributed by atoms with E-state index in [9.17, 15) is 0 Å². The molecule has 172 valence electrons. The Morgan fingerprint density at radius 3 is 2.41 bits per heavy atom. The van der Waals surface area contributed by atoms with Gasteiger partial charge in [0.1, 0.15) is 17.5 Å². The van der Waals surface area contributed by atoms with Crippen LogP contribution in [0.1, 0.15) is 48.9 Å². The van der Waals surface area contributed by atoms with Crippen LogP contribution in [0.3, 0.4) is 0 Å². The second-order valence-electron chi connectivity index (χ2n) is 8.79. The maximum atomic E-state index is 6.11. The van der Waals surface area contributed by atoms with Crippen molar-refractivity contribution < 1.29 is 4.74 Å². The minimum atomic E-state index is -0.0657. The normalized spacial score (nSPS) is 17.8. The van der Waals surface area contributed by atoms with Crippen molar-refractivity contribution in [3.05, 3.63) is 108 Å². The summed E-state index contributed by atoms with van der Waals surface area (Å²) in [6.07, 6.45) is 3.97. The largest absolute Gasteiger partial charge is 0.457 e. The third kappa shape index (κ3) is 4.17. The van der Waals surface area contributed by atoms with Crippen LogP contribution in [0.4, 0.5) is 5.69 Å². The maximum absolute atomic E-state index is 6.11. The summed E-state index contributed by atoms with van der Waals surface area (Å²) >= 11 is 5.86. The van der Waals surface area contributed by atoms with Crippen LogP contribution < -0.4 is 15.0 Å². The Labute approximate surface area is 206 Å². The number of benzene rings is 2. The Morgan fingerprint density at radius 2 is 1.71 bits per heavy atom. The monoisotopic (exact) mass is 468 g/mol. The van der Waals surface area contributed by atoms with Crippen LogP contribution in [0.2, 0.25) is 0 Å². The van der Waals surface area contributed by atoms with Gasteiger partial charge in [0.05, 0.1) is 11.7 Å².